The minimum absolute atomic E-state index is 0.279. The van der Waals surface area contributed by atoms with Crippen LogP contribution in [0.25, 0.3) is 0 Å². The molecule has 0 aromatic carbocycles. The number of nitrogens with zero attached hydrogens (tertiary/aromatic N) is 2. The van der Waals surface area contributed by atoms with Gasteiger partial charge in [-0.25, -0.2) is 0 Å². The van der Waals surface area contributed by atoms with Gasteiger partial charge in [-0.1, -0.05) is 6.92 Å². The van der Waals surface area contributed by atoms with E-state index in [1.165, 1.54) is 0 Å². The molecule has 1 rings (SSSR count). The van der Waals surface area contributed by atoms with Crippen LogP contribution in [0.1, 0.15) is 20.8 Å². The van der Waals surface area contributed by atoms with Gasteiger partial charge >= 0.3 is 0 Å². The Morgan fingerprint density at radius 3 is 2.15 bits per heavy atom. The van der Waals surface area contributed by atoms with Crippen LogP contribution >= 0.6 is 0 Å². The van der Waals surface area contributed by atoms with Crippen LogP contribution < -0.4 is 0 Å². The van der Waals surface area contributed by atoms with Gasteiger partial charge in [0.2, 0.25) is 0 Å². The van der Waals surface area contributed by atoms with E-state index in [0.29, 0.717) is 12.1 Å². The summed E-state index contributed by atoms with van der Waals surface area (Å²) < 4.78 is 0. The van der Waals surface area contributed by atoms with E-state index in [9.17, 15) is 0 Å². The molecule has 0 aliphatic carbocycles. The maximum atomic E-state index is 8.92. The van der Waals surface area contributed by atoms with Crippen molar-refractivity contribution >= 4 is 0 Å². The molecule has 13 heavy (non-hydrogen) atoms. The van der Waals surface area contributed by atoms with Crippen molar-refractivity contribution in [3.05, 3.63) is 0 Å². The van der Waals surface area contributed by atoms with Crippen LogP contribution in [0.4, 0.5) is 0 Å². The zero-order valence-electron chi connectivity index (χ0n) is 9.03. The molecule has 0 bridgehead atoms. The Morgan fingerprint density at radius 1 is 1.23 bits per heavy atom. The minimum Gasteiger partial charge on any atom is -0.395 e. The molecule has 3 nitrogen and oxygen atoms in total. The molecule has 1 N–H and O–H groups in total. The smallest absolute Gasteiger partial charge is 0.0558 e. The van der Waals surface area contributed by atoms with Crippen molar-refractivity contribution < 1.29 is 5.11 Å². The first kappa shape index (κ1) is 11.0. The number of rotatable bonds is 3. The predicted octanol–water partition coefficient (Wildman–Crippen LogP) is 0.393. The van der Waals surface area contributed by atoms with Gasteiger partial charge in [0.05, 0.1) is 6.61 Å². The van der Waals surface area contributed by atoms with Crippen molar-refractivity contribution in [2.45, 2.75) is 32.9 Å². The molecule has 0 aromatic rings. The normalized spacial score (nSPS) is 32.3. The summed E-state index contributed by atoms with van der Waals surface area (Å²) in [6.07, 6.45) is 0. The number of aliphatic hydroxyl groups is 1. The molecule has 2 unspecified atom stereocenters. The maximum absolute atomic E-state index is 8.92. The van der Waals surface area contributed by atoms with Crippen molar-refractivity contribution in [2.24, 2.45) is 0 Å². The lowest BCUT2D eigenvalue weighted by atomic mass is 10.1. The van der Waals surface area contributed by atoms with Gasteiger partial charge in [-0.05, 0) is 20.4 Å². The Morgan fingerprint density at radius 2 is 1.77 bits per heavy atom. The highest BCUT2D eigenvalue weighted by molar-refractivity contribution is 4.83. The second-order valence-electron chi connectivity index (χ2n) is 4.01. The van der Waals surface area contributed by atoms with Gasteiger partial charge in [-0.15, -0.1) is 0 Å². The van der Waals surface area contributed by atoms with Crippen LogP contribution in [0.5, 0.6) is 0 Å². The van der Waals surface area contributed by atoms with Crippen LogP contribution in [-0.2, 0) is 0 Å². The number of hydrogen-bond donors (Lipinski definition) is 1. The second kappa shape index (κ2) is 4.94. The lowest BCUT2D eigenvalue weighted by Gasteiger charge is -2.44. The fraction of sp³-hybridized carbons (Fsp3) is 1.00. The molecule has 1 aliphatic heterocycles. The Labute approximate surface area is 81.3 Å². The molecular weight excluding hydrogens is 164 g/mol. The maximum Gasteiger partial charge on any atom is 0.0558 e. The van der Waals surface area contributed by atoms with E-state index in [1.807, 2.05) is 0 Å². The Kier molecular flexibility index (Phi) is 4.16. The Hall–Kier alpha value is -0.120. The topological polar surface area (TPSA) is 26.7 Å². The van der Waals surface area contributed by atoms with Crippen molar-refractivity contribution in [1.82, 2.24) is 9.80 Å². The SMILES string of the molecule is CCN1CC(C)N(CCO)C(C)C1. The largest absolute Gasteiger partial charge is 0.395 e. The number of β-amino-alcohol motifs (C(OH)–C–C–N with tert-alkyl or cyclic N) is 1. The molecule has 1 heterocycles. The third-order valence-corrected chi connectivity index (χ3v) is 2.98. The molecule has 0 saturated carbocycles. The van der Waals surface area contributed by atoms with Gasteiger partial charge in [0.1, 0.15) is 0 Å². The quantitative estimate of drug-likeness (QED) is 0.691. The predicted molar refractivity (Wildman–Crippen MR) is 54.8 cm³/mol. The highest BCUT2D eigenvalue weighted by atomic mass is 16.3. The zero-order valence-corrected chi connectivity index (χ0v) is 9.03. The third-order valence-electron chi connectivity index (χ3n) is 2.98. The molecule has 1 fully saturated rings. The first-order valence-corrected chi connectivity index (χ1v) is 5.28. The first-order chi connectivity index (χ1) is 6.19. The average molecular weight is 186 g/mol. The van der Waals surface area contributed by atoms with Crippen LogP contribution in [0.15, 0.2) is 0 Å². The number of hydrogen-bond acceptors (Lipinski definition) is 3. The average Bonchev–Trinajstić information content (AvgIpc) is 2.11. The number of aliphatic hydroxyl groups excluding tert-OH is 1. The fourth-order valence-electron chi connectivity index (χ4n) is 2.28. The van der Waals surface area contributed by atoms with Crippen LogP contribution in [-0.4, -0.2) is 59.8 Å². The van der Waals surface area contributed by atoms with Crippen molar-refractivity contribution in [2.75, 3.05) is 32.8 Å². The highest BCUT2D eigenvalue weighted by Crippen LogP contribution is 2.14. The van der Waals surface area contributed by atoms with E-state index >= 15 is 0 Å². The van der Waals surface area contributed by atoms with Gasteiger partial charge in [0.25, 0.3) is 0 Å². The Bertz CT molecular complexity index is 140. The third kappa shape index (κ3) is 2.66. The van der Waals surface area contributed by atoms with E-state index in [4.69, 9.17) is 5.11 Å². The lowest BCUT2D eigenvalue weighted by molar-refractivity contribution is 0.0297. The van der Waals surface area contributed by atoms with Gasteiger partial charge in [-0.2, -0.15) is 0 Å². The molecule has 0 aromatic heterocycles. The van der Waals surface area contributed by atoms with Gasteiger partial charge in [0, 0.05) is 31.7 Å². The summed E-state index contributed by atoms with van der Waals surface area (Å²) in [7, 11) is 0. The molecule has 0 spiro atoms. The number of likely N-dealkylation sites (N-methyl/N-ethyl adjacent to an activating group) is 1. The molecule has 3 heteroatoms. The minimum atomic E-state index is 0.279. The summed E-state index contributed by atoms with van der Waals surface area (Å²) in [6.45, 7) is 11.2. The zero-order chi connectivity index (χ0) is 9.84. The molecule has 78 valence electrons. The van der Waals surface area contributed by atoms with Crippen molar-refractivity contribution in [3.63, 3.8) is 0 Å². The van der Waals surface area contributed by atoms with Gasteiger partial charge in [0.15, 0.2) is 0 Å². The van der Waals surface area contributed by atoms with E-state index in [2.05, 4.69) is 30.6 Å². The molecule has 0 amide bonds. The lowest BCUT2D eigenvalue weighted by Crippen LogP contribution is -2.57. The summed E-state index contributed by atoms with van der Waals surface area (Å²) in [4.78, 5) is 4.87. The van der Waals surface area contributed by atoms with E-state index in [0.717, 1.165) is 26.2 Å². The monoisotopic (exact) mass is 186 g/mol. The number of piperazine rings is 1. The molecule has 1 saturated heterocycles. The van der Waals surface area contributed by atoms with Crippen LogP contribution in [0.3, 0.4) is 0 Å². The van der Waals surface area contributed by atoms with E-state index in [-0.39, 0.29) is 6.61 Å². The standard InChI is InChI=1S/C10H22N2O/c1-4-11-7-9(2)12(5-6-13)10(3)8-11/h9-10,13H,4-8H2,1-3H3. The highest BCUT2D eigenvalue weighted by Gasteiger charge is 2.27. The second-order valence-corrected chi connectivity index (χ2v) is 4.01. The van der Waals surface area contributed by atoms with Crippen molar-refractivity contribution in [1.29, 1.82) is 0 Å². The molecule has 1 aliphatic rings. The van der Waals surface area contributed by atoms with Gasteiger partial charge in [-0.3, -0.25) is 4.90 Å². The van der Waals surface area contributed by atoms with Crippen LogP contribution in [0, 0.1) is 0 Å². The van der Waals surface area contributed by atoms with Gasteiger partial charge < -0.3 is 10.0 Å². The van der Waals surface area contributed by atoms with Crippen LogP contribution in [0.2, 0.25) is 0 Å². The molecule has 0 radical (unpaired) electrons. The fourth-order valence-corrected chi connectivity index (χ4v) is 2.28. The first-order valence-electron chi connectivity index (χ1n) is 5.28. The Balaban J connectivity index is 2.48. The van der Waals surface area contributed by atoms with Crippen molar-refractivity contribution in [3.8, 4) is 0 Å². The van der Waals surface area contributed by atoms with E-state index in [1.54, 1.807) is 0 Å². The van der Waals surface area contributed by atoms with E-state index < -0.39 is 0 Å². The molecular formula is C10H22N2O. The summed E-state index contributed by atoms with van der Waals surface area (Å²) >= 11 is 0. The summed E-state index contributed by atoms with van der Waals surface area (Å²) in [5.41, 5.74) is 0. The molecule has 2 atom stereocenters. The summed E-state index contributed by atoms with van der Waals surface area (Å²) in [5.74, 6) is 0. The summed E-state index contributed by atoms with van der Waals surface area (Å²) in [6, 6.07) is 1.16. The summed E-state index contributed by atoms with van der Waals surface area (Å²) in [5, 5.41) is 8.92.